The van der Waals surface area contributed by atoms with E-state index in [0.717, 1.165) is 0 Å². The molecule has 1 aromatic rings. The summed E-state index contributed by atoms with van der Waals surface area (Å²) in [5.74, 6) is -4.81. The van der Waals surface area contributed by atoms with E-state index in [9.17, 15) is 24.0 Å². The van der Waals surface area contributed by atoms with Gasteiger partial charge in [-0.05, 0) is 12.3 Å². The van der Waals surface area contributed by atoms with Crippen LogP contribution in [0.15, 0.2) is 12.5 Å². The molecule has 0 aromatic carbocycles. The van der Waals surface area contributed by atoms with Gasteiger partial charge in [-0.1, -0.05) is 13.8 Å². The Morgan fingerprint density at radius 2 is 1.61 bits per heavy atom. The molecule has 0 bridgehead atoms. The molecule has 14 nitrogen and oxygen atoms in total. The van der Waals surface area contributed by atoms with Crippen molar-refractivity contribution >= 4 is 29.6 Å². The number of H-pyrrole nitrogens is 1. The lowest BCUT2D eigenvalue weighted by Gasteiger charge is -2.24. The van der Waals surface area contributed by atoms with Crippen molar-refractivity contribution in [2.24, 2.45) is 17.4 Å². The van der Waals surface area contributed by atoms with Crippen LogP contribution in [0.2, 0.25) is 0 Å². The normalized spacial score (nSPS) is 14.6. The second-order valence-corrected chi connectivity index (χ2v) is 7.89. The van der Waals surface area contributed by atoms with E-state index < -0.39 is 66.8 Å². The third kappa shape index (κ3) is 9.65. The number of nitrogens with zero attached hydrogens (tertiary/aromatic N) is 1. The van der Waals surface area contributed by atoms with Crippen LogP contribution in [0.1, 0.15) is 32.4 Å². The quantitative estimate of drug-likeness (QED) is 0.136. The van der Waals surface area contributed by atoms with E-state index in [2.05, 4.69) is 20.6 Å². The first-order valence-electron chi connectivity index (χ1n) is 10.2. The third-order valence-corrected chi connectivity index (χ3v) is 4.51. The summed E-state index contributed by atoms with van der Waals surface area (Å²) >= 11 is 0. The molecule has 4 amide bonds. The molecule has 0 saturated carbocycles. The van der Waals surface area contributed by atoms with Crippen molar-refractivity contribution in [2.45, 2.75) is 57.3 Å². The summed E-state index contributed by atoms with van der Waals surface area (Å²) < 4.78 is 0. The second-order valence-electron chi connectivity index (χ2n) is 7.89. The van der Waals surface area contributed by atoms with Crippen LogP contribution in [0, 0.1) is 5.92 Å². The highest BCUT2D eigenvalue weighted by Gasteiger charge is 2.31. The van der Waals surface area contributed by atoms with Gasteiger partial charge < -0.3 is 42.6 Å². The molecule has 0 fully saturated rings. The van der Waals surface area contributed by atoms with Crippen molar-refractivity contribution in [3.05, 3.63) is 18.2 Å². The number of carboxylic acids is 1. The van der Waals surface area contributed by atoms with Crippen LogP contribution in [0.5, 0.6) is 0 Å². The highest BCUT2D eigenvalue weighted by atomic mass is 16.4. The summed E-state index contributed by atoms with van der Waals surface area (Å²) in [4.78, 5) is 67.0. The number of nitrogens with one attached hydrogen (secondary N) is 4. The van der Waals surface area contributed by atoms with Gasteiger partial charge in [0.25, 0.3) is 0 Å². The number of aliphatic hydroxyl groups excluding tert-OH is 1. The zero-order valence-corrected chi connectivity index (χ0v) is 18.4. The molecule has 1 aromatic heterocycles. The highest BCUT2D eigenvalue weighted by molar-refractivity contribution is 5.96. The summed E-state index contributed by atoms with van der Waals surface area (Å²) in [5, 5.41) is 24.9. The molecule has 0 spiro atoms. The van der Waals surface area contributed by atoms with Crippen molar-refractivity contribution in [2.75, 3.05) is 6.61 Å². The molecule has 33 heavy (non-hydrogen) atoms. The zero-order chi connectivity index (χ0) is 25.1. The van der Waals surface area contributed by atoms with Crippen molar-refractivity contribution in [1.29, 1.82) is 0 Å². The van der Waals surface area contributed by atoms with Crippen LogP contribution in [0.25, 0.3) is 0 Å². The number of hydrogen-bond acceptors (Lipinski definition) is 8. The molecule has 14 heteroatoms. The van der Waals surface area contributed by atoms with Gasteiger partial charge in [0.15, 0.2) is 0 Å². The number of aliphatic hydroxyl groups is 1. The SMILES string of the molecule is CC(C)CC(N)C(=O)NC(Cc1cnc[nH]1)C(=O)NC(CC(N)=O)C(=O)NC(CO)C(=O)O. The van der Waals surface area contributed by atoms with E-state index in [1.165, 1.54) is 12.5 Å². The van der Waals surface area contributed by atoms with Crippen molar-refractivity contribution in [1.82, 2.24) is 25.9 Å². The number of nitrogens with two attached hydrogens (primary N) is 2. The molecular formula is C19H31N7O7. The first kappa shape index (κ1) is 27.5. The van der Waals surface area contributed by atoms with Crippen molar-refractivity contribution in [3.63, 3.8) is 0 Å². The van der Waals surface area contributed by atoms with Gasteiger partial charge in [-0.15, -0.1) is 0 Å². The summed E-state index contributed by atoms with van der Waals surface area (Å²) in [5.41, 5.74) is 11.5. The topological polar surface area (TPSA) is 243 Å². The van der Waals surface area contributed by atoms with E-state index in [1.807, 2.05) is 19.2 Å². The van der Waals surface area contributed by atoms with Gasteiger partial charge in [0, 0.05) is 18.3 Å². The number of imidazole rings is 1. The van der Waals surface area contributed by atoms with Crippen LogP contribution in [-0.4, -0.2) is 80.6 Å². The molecule has 0 saturated heterocycles. The molecular weight excluding hydrogens is 438 g/mol. The summed E-state index contributed by atoms with van der Waals surface area (Å²) in [6, 6.07) is -5.28. The van der Waals surface area contributed by atoms with Gasteiger partial charge in [0.2, 0.25) is 23.6 Å². The number of primary amides is 1. The molecule has 0 aliphatic carbocycles. The first-order chi connectivity index (χ1) is 15.4. The maximum Gasteiger partial charge on any atom is 0.328 e. The minimum atomic E-state index is -1.65. The average Bonchev–Trinajstić information content (AvgIpc) is 3.22. The van der Waals surface area contributed by atoms with Crippen molar-refractivity contribution in [3.8, 4) is 0 Å². The lowest BCUT2D eigenvalue weighted by atomic mass is 10.0. The number of aromatic amines is 1. The first-order valence-corrected chi connectivity index (χ1v) is 10.2. The third-order valence-electron chi connectivity index (χ3n) is 4.51. The van der Waals surface area contributed by atoms with Crippen LogP contribution in [-0.2, 0) is 30.4 Å². The molecule has 0 aliphatic heterocycles. The fourth-order valence-electron chi connectivity index (χ4n) is 2.86. The second kappa shape index (κ2) is 13.1. The monoisotopic (exact) mass is 469 g/mol. The predicted molar refractivity (Wildman–Crippen MR) is 114 cm³/mol. The summed E-state index contributed by atoms with van der Waals surface area (Å²) in [6.07, 6.45) is 2.50. The Hall–Kier alpha value is -3.52. The standard InChI is InChI=1S/C19H31N7O7/c1-9(2)3-11(20)16(29)24-12(4-10-6-22-8-23-10)17(30)25-13(5-15(21)28)18(31)26-14(7-27)19(32)33/h6,8-9,11-14,27H,3-5,7,20H2,1-2H3,(H2,21,28)(H,22,23)(H,24,29)(H,25,30)(H,26,31)(H,32,33). The maximum absolute atomic E-state index is 12.9. The molecule has 0 radical (unpaired) electrons. The number of hydrogen-bond donors (Lipinski definition) is 8. The number of aliphatic carboxylic acids is 1. The van der Waals surface area contributed by atoms with Crippen LogP contribution in [0.3, 0.4) is 0 Å². The zero-order valence-electron chi connectivity index (χ0n) is 18.4. The lowest BCUT2D eigenvalue weighted by Crippen LogP contribution is -2.58. The predicted octanol–water partition coefficient (Wildman–Crippen LogP) is -3.27. The Kier molecular flexibility index (Phi) is 10.9. The Morgan fingerprint density at radius 1 is 1.03 bits per heavy atom. The van der Waals surface area contributed by atoms with Crippen LogP contribution < -0.4 is 27.4 Å². The van der Waals surface area contributed by atoms with Gasteiger partial charge in [-0.25, -0.2) is 9.78 Å². The minimum absolute atomic E-state index is 0.0364. The Bertz CT molecular complexity index is 828. The molecule has 10 N–H and O–H groups in total. The Labute approximate surface area is 189 Å². The molecule has 1 rings (SSSR count). The molecule has 184 valence electrons. The van der Waals surface area contributed by atoms with E-state index in [-0.39, 0.29) is 12.3 Å². The van der Waals surface area contributed by atoms with E-state index in [4.69, 9.17) is 21.7 Å². The number of carbonyl (C=O) groups is 5. The number of amides is 4. The molecule has 0 aliphatic rings. The van der Waals surface area contributed by atoms with Gasteiger partial charge >= 0.3 is 5.97 Å². The maximum atomic E-state index is 12.9. The highest BCUT2D eigenvalue weighted by Crippen LogP contribution is 2.06. The number of aromatic nitrogens is 2. The lowest BCUT2D eigenvalue weighted by molar-refractivity contribution is -0.143. The fourth-order valence-corrected chi connectivity index (χ4v) is 2.86. The largest absolute Gasteiger partial charge is 0.480 e. The smallest absolute Gasteiger partial charge is 0.328 e. The van der Waals surface area contributed by atoms with Crippen LogP contribution in [0.4, 0.5) is 0 Å². The van der Waals surface area contributed by atoms with E-state index in [0.29, 0.717) is 12.1 Å². The Balaban J connectivity index is 3.03. The fraction of sp³-hybridized carbons (Fsp3) is 0.579. The molecule has 4 unspecified atom stereocenters. The van der Waals surface area contributed by atoms with E-state index >= 15 is 0 Å². The van der Waals surface area contributed by atoms with Gasteiger partial charge in [0.05, 0.1) is 25.4 Å². The summed E-state index contributed by atoms with van der Waals surface area (Å²) in [7, 11) is 0. The van der Waals surface area contributed by atoms with Crippen molar-refractivity contribution < 1.29 is 34.2 Å². The van der Waals surface area contributed by atoms with Gasteiger partial charge in [-0.3, -0.25) is 19.2 Å². The number of carbonyl (C=O) groups excluding carboxylic acids is 4. The van der Waals surface area contributed by atoms with Gasteiger partial charge in [0.1, 0.15) is 18.1 Å². The Morgan fingerprint density at radius 3 is 2.09 bits per heavy atom. The minimum Gasteiger partial charge on any atom is -0.480 e. The van der Waals surface area contributed by atoms with Crippen LogP contribution >= 0.6 is 0 Å². The summed E-state index contributed by atoms with van der Waals surface area (Å²) in [6.45, 7) is 2.85. The van der Waals surface area contributed by atoms with Gasteiger partial charge in [-0.2, -0.15) is 0 Å². The molecule has 1 heterocycles. The molecule has 4 atom stereocenters. The van der Waals surface area contributed by atoms with E-state index in [1.54, 1.807) is 0 Å². The number of carboxylic acid groups (broad SMARTS) is 1. The number of rotatable bonds is 14. The average molecular weight is 469 g/mol.